The van der Waals surface area contributed by atoms with E-state index in [2.05, 4.69) is 9.97 Å². The fourth-order valence-corrected chi connectivity index (χ4v) is 2.01. The van der Waals surface area contributed by atoms with Gasteiger partial charge in [-0.05, 0) is 12.8 Å². The van der Waals surface area contributed by atoms with E-state index in [4.69, 9.17) is 4.74 Å². The lowest BCUT2D eigenvalue weighted by atomic mass is 9.89. The Balaban J connectivity index is 1.79. The van der Waals surface area contributed by atoms with Crippen LogP contribution in [-0.4, -0.2) is 15.9 Å². The van der Waals surface area contributed by atoms with Gasteiger partial charge in [-0.3, -0.25) is 14.8 Å². The summed E-state index contributed by atoms with van der Waals surface area (Å²) in [6.45, 7) is 0.239. The molecule has 1 aliphatic carbocycles. The summed E-state index contributed by atoms with van der Waals surface area (Å²) in [6, 6.07) is 0. The van der Waals surface area contributed by atoms with E-state index in [0.29, 0.717) is 5.69 Å². The first-order chi connectivity index (χ1) is 7.86. The molecule has 1 heterocycles. The number of esters is 1. The summed E-state index contributed by atoms with van der Waals surface area (Å²) in [5.74, 6) is 0.0239. The first-order valence-corrected chi connectivity index (χ1v) is 5.78. The van der Waals surface area contributed by atoms with E-state index < -0.39 is 0 Å². The van der Waals surface area contributed by atoms with Crippen molar-refractivity contribution < 1.29 is 9.53 Å². The van der Waals surface area contributed by atoms with E-state index in [1.54, 1.807) is 18.6 Å². The molecule has 0 atom stereocenters. The Morgan fingerprint density at radius 3 is 2.81 bits per heavy atom. The average Bonchev–Trinajstić information content (AvgIpc) is 2.38. The third kappa shape index (κ3) is 3.02. The van der Waals surface area contributed by atoms with Crippen molar-refractivity contribution in [3.8, 4) is 0 Å². The van der Waals surface area contributed by atoms with Crippen LogP contribution < -0.4 is 0 Å². The van der Waals surface area contributed by atoms with Crippen LogP contribution in [0.25, 0.3) is 0 Å². The van der Waals surface area contributed by atoms with Crippen molar-refractivity contribution in [1.29, 1.82) is 0 Å². The molecule has 1 saturated carbocycles. The molecule has 0 radical (unpaired) electrons. The molecule has 0 aliphatic heterocycles. The van der Waals surface area contributed by atoms with Gasteiger partial charge >= 0.3 is 5.97 Å². The van der Waals surface area contributed by atoms with Gasteiger partial charge < -0.3 is 4.74 Å². The van der Waals surface area contributed by atoms with Crippen molar-refractivity contribution in [2.24, 2.45) is 5.92 Å². The van der Waals surface area contributed by atoms with E-state index in [1.807, 2.05) is 0 Å². The van der Waals surface area contributed by atoms with E-state index in [1.165, 1.54) is 6.42 Å². The molecule has 0 unspecified atom stereocenters. The molecule has 86 valence electrons. The van der Waals surface area contributed by atoms with Crippen LogP contribution in [0.1, 0.15) is 37.8 Å². The molecular formula is C12H16N2O2. The molecule has 0 aromatic carbocycles. The zero-order valence-corrected chi connectivity index (χ0v) is 9.26. The predicted octanol–water partition coefficient (Wildman–Crippen LogP) is 2.10. The van der Waals surface area contributed by atoms with Crippen molar-refractivity contribution in [2.45, 2.75) is 38.7 Å². The summed E-state index contributed by atoms with van der Waals surface area (Å²) >= 11 is 0. The van der Waals surface area contributed by atoms with Crippen LogP contribution in [0.2, 0.25) is 0 Å². The smallest absolute Gasteiger partial charge is 0.309 e. The molecule has 0 spiro atoms. The molecule has 0 bridgehead atoms. The maximum Gasteiger partial charge on any atom is 0.309 e. The second kappa shape index (κ2) is 5.58. The molecule has 2 rings (SSSR count). The molecule has 0 N–H and O–H groups in total. The number of nitrogens with zero attached hydrogens (tertiary/aromatic N) is 2. The normalized spacial score (nSPS) is 17.0. The largest absolute Gasteiger partial charge is 0.459 e. The van der Waals surface area contributed by atoms with Crippen LogP contribution in [0.5, 0.6) is 0 Å². The van der Waals surface area contributed by atoms with Crippen molar-refractivity contribution in [3.05, 3.63) is 24.3 Å². The minimum Gasteiger partial charge on any atom is -0.459 e. The SMILES string of the molecule is O=C(OCc1cnccn1)C1CCCCC1. The fraction of sp³-hybridized carbons (Fsp3) is 0.583. The Kier molecular flexibility index (Phi) is 3.86. The minimum atomic E-state index is -0.0784. The molecular weight excluding hydrogens is 204 g/mol. The fourth-order valence-electron chi connectivity index (χ4n) is 2.01. The van der Waals surface area contributed by atoms with Crippen LogP contribution >= 0.6 is 0 Å². The highest BCUT2D eigenvalue weighted by molar-refractivity contribution is 5.72. The van der Waals surface area contributed by atoms with Crippen molar-refractivity contribution in [3.63, 3.8) is 0 Å². The molecule has 1 fully saturated rings. The summed E-state index contributed by atoms with van der Waals surface area (Å²) in [6.07, 6.45) is 10.3. The van der Waals surface area contributed by atoms with Crippen LogP contribution in [0.4, 0.5) is 0 Å². The Hall–Kier alpha value is -1.45. The Morgan fingerprint density at radius 1 is 1.31 bits per heavy atom. The number of carbonyl (C=O) groups excluding carboxylic acids is 1. The summed E-state index contributed by atoms with van der Waals surface area (Å²) in [4.78, 5) is 19.7. The Bertz CT molecular complexity index is 334. The average molecular weight is 220 g/mol. The zero-order chi connectivity index (χ0) is 11.2. The minimum absolute atomic E-state index is 0.0784. The molecule has 0 amide bonds. The van der Waals surface area contributed by atoms with E-state index in [9.17, 15) is 4.79 Å². The molecule has 4 nitrogen and oxygen atoms in total. The van der Waals surface area contributed by atoms with Gasteiger partial charge in [0.25, 0.3) is 0 Å². The lowest BCUT2D eigenvalue weighted by Crippen LogP contribution is -2.20. The Morgan fingerprint density at radius 2 is 2.12 bits per heavy atom. The number of ether oxygens (including phenoxy) is 1. The van der Waals surface area contributed by atoms with Gasteiger partial charge in [-0.15, -0.1) is 0 Å². The zero-order valence-electron chi connectivity index (χ0n) is 9.26. The summed E-state index contributed by atoms with van der Waals surface area (Å²) < 4.78 is 5.23. The second-order valence-corrected chi connectivity index (χ2v) is 4.14. The summed E-state index contributed by atoms with van der Waals surface area (Å²) in [7, 11) is 0. The van der Waals surface area contributed by atoms with Gasteiger partial charge in [0.1, 0.15) is 6.61 Å². The summed E-state index contributed by atoms with van der Waals surface area (Å²) in [5.41, 5.74) is 0.701. The second-order valence-electron chi connectivity index (χ2n) is 4.14. The number of aromatic nitrogens is 2. The molecule has 4 heteroatoms. The van der Waals surface area contributed by atoms with E-state index >= 15 is 0 Å². The van der Waals surface area contributed by atoms with Crippen LogP contribution in [0.3, 0.4) is 0 Å². The first kappa shape index (κ1) is 11.0. The van der Waals surface area contributed by atoms with E-state index in [-0.39, 0.29) is 18.5 Å². The van der Waals surface area contributed by atoms with Gasteiger partial charge in [-0.25, -0.2) is 0 Å². The van der Waals surface area contributed by atoms with Gasteiger partial charge in [0.05, 0.1) is 17.8 Å². The van der Waals surface area contributed by atoms with Crippen molar-refractivity contribution in [2.75, 3.05) is 0 Å². The monoisotopic (exact) mass is 220 g/mol. The molecule has 0 saturated heterocycles. The van der Waals surface area contributed by atoms with E-state index in [0.717, 1.165) is 25.7 Å². The third-order valence-corrected chi connectivity index (χ3v) is 2.92. The number of carbonyl (C=O) groups is 1. The highest BCUT2D eigenvalue weighted by Crippen LogP contribution is 2.24. The number of rotatable bonds is 3. The quantitative estimate of drug-likeness (QED) is 0.732. The van der Waals surface area contributed by atoms with Crippen LogP contribution in [-0.2, 0) is 16.1 Å². The standard InChI is InChI=1S/C12H16N2O2/c15-12(10-4-2-1-3-5-10)16-9-11-8-13-6-7-14-11/h6-8,10H,1-5,9H2. The summed E-state index contributed by atoms with van der Waals surface area (Å²) in [5, 5.41) is 0. The number of hydrogen-bond donors (Lipinski definition) is 0. The van der Waals surface area contributed by atoms with Crippen molar-refractivity contribution >= 4 is 5.97 Å². The lowest BCUT2D eigenvalue weighted by molar-refractivity contribution is -0.151. The molecule has 1 aliphatic rings. The molecule has 1 aromatic rings. The predicted molar refractivity (Wildman–Crippen MR) is 58.4 cm³/mol. The number of hydrogen-bond acceptors (Lipinski definition) is 4. The van der Waals surface area contributed by atoms with Crippen molar-refractivity contribution in [1.82, 2.24) is 9.97 Å². The highest BCUT2D eigenvalue weighted by Gasteiger charge is 2.22. The third-order valence-electron chi connectivity index (χ3n) is 2.92. The molecule has 1 aromatic heterocycles. The van der Waals surface area contributed by atoms with Crippen LogP contribution in [0, 0.1) is 5.92 Å². The van der Waals surface area contributed by atoms with Gasteiger partial charge in [-0.1, -0.05) is 19.3 Å². The van der Waals surface area contributed by atoms with Gasteiger partial charge in [0.2, 0.25) is 0 Å². The topological polar surface area (TPSA) is 52.1 Å². The van der Waals surface area contributed by atoms with Gasteiger partial charge in [-0.2, -0.15) is 0 Å². The van der Waals surface area contributed by atoms with Crippen LogP contribution in [0.15, 0.2) is 18.6 Å². The maximum atomic E-state index is 11.7. The lowest BCUT2D eigenvalue weighted by Gasteiger charge is -2.19. The maximum absolute atomic E-state index is 11.7. The Labute approximate surface area is 95.1 Å². The highest BCUT2D eigenvalue weighted by atomic mass is 16.5. The van der Waals surface area contributed by atoms with Gasteiger partial charge in [0, 0.05) is 12.4 Å². The first-order valence-electron chi connectivity index (χ1n) is 5.78. The van der Waals surface area contributed by atoms with Gasteiger partial charge in [0.15, 0.2) is 0 Å². The molecule has 16 heavy (non-hydrogen) atoms.